The minimum Gasteiger partial charge on any atom is -0.469 e. The smallest absolute Gasteiger partial charge is 0.255 e. The third-order valence-electron chi connectivity index (χ3n) is 3.80. The minimum absolute atomic E-state index is 0.198. The third kappa shape index (κ3) is 2.12. The number of carbonyl (C=O) groups is 1. The van der Waals surface area contributed by atoms with Crippen LogP contribution in [0.3, 0.4) is 0 Å². The summed E-state index contributed by atoms with van der Waals surface area (Å²) < 4.78 is 5.27. The molecule has 20 heavy (non-hydrogen) atoms. The van der Waals surface area contributed by atoms with Gasteiger partial charge in [0.1, 0.15) is 5.76 Å². The fraction of sp³-hybridized carbons (Fsp3) is 0.312. The average Bonchev–Trinajstić information content (AvgIpc) is 3.04. The van der Waals surface area contributed by atoms with Crippen LogP contribution in [-0.4, -0.2) is 17.1 Å². The first kappa shape index (κ1) is 12.9. The zero-order valence-corrected chi connectivity index (χ0v) is 11.3. The van der Waals surface area contributed by atoms with Gasteiger partial charge in [0.05, 0.1) is 24.0 Å². The summed E-state index contributed by atoms with van der Waals surface area (Å²) in [6.07, 6.45) is 2.19. The highest BCUT2D eigenvalue weighted by Crippen LogP contribution is 2.31. The van der Waals surface area contributed by atoms with Crippen LogP contribution in [0.4, 0.5) is 0 Å². The van der Waals surface area contributed by atoms with Crippen LogP contribution in [0.5, 0.6) is 0 Å². The SMILES string of the molecule is CCc1occc1C(=O)N[C@H]1c2ccccc2C[C@H]1O. The Morgan fingerprint density at radius 2 is 2.20 bits per heavy atom. The summed E-state index contributed by atoms with van der Waals surface area (Å²) in [5.41, 5.74) is 2.63. The standard InChI is InChI=1S/C16H17NO3/c1-2-14-12(7-8-20-14)16(19)17-15-11-6-4-3-5-10(11)9-13(15)18/h3-8,13,15,18H,2,9H2,1H3,(H,17,19)/t13-,15+/m1/s1. The predicted octanol–water partition coefficient (Wildman–Crippen LogP) is 2.23. The third-order valence-corrected chi connectivity index (χ3v) is 3.80. The van der Waals surface area contributed by atoms with Crippen molar-refractivity contribution in [1.29, 1.82) is 0 Å². The van der Waals surface area contributed by atoms with Crippen molar-refractivity contribution in [1.82, 2.24) is 5.32 Å². The number of furan rings is 1. The highest BCUT2D eigenvalue weighted by atomic mass is 16.3. The van der Waals surface area contributed by atoms with Crippen LogP contribution in [0.2, 0.25) is 0 Å². The van der Waals surface area contributed by atoms with Crippen molar-refractivity contribution in [2.24, 2.45) is 0 Å². The Bertz CT molecular complexity index is 632. The number of rotatable bonds is 3. The molecule has 0 aliphatic heterocycles. The number of hydrogen-bond donors (Lipinski definition) is 2. The van der Waals surface area contributed by atoms with Gasteiger partial charge >= 0.3 is 0 Å². The van der Waals surface area contributed by atoms with Crippen molar-refractivity contribution in [2.45, 2.75) is 31.9 Å². The lowest BCUT2D eigenvalue weighted by Crippen LogP contribution is -2.34. The van der Waals surface area contributed by atoms with Crippen molar-refractivity contribution in [3.05, 3.63) is 59.0 Å². The number of fused-ring (bicyclic) bond motifs is 1. The lowest BCUT2D eigenvalue weighted by molar-refractivity contribution is 0.0856. The first-order chi connectivity index (χ1) is 9.70. The van der Waals surface area contributed by atoms with E-state index in [4.69, 9.17) is 4.42 Å². The van der Waals surface area contributed by atoms with E-state index in [9.17, 15) is 9.90 Å². The molecule has 1 aromatic heterocycles. The summed E-state index contributed by atoms with van der Waals surface area (Å²) in [7, 11) is 0. The maximum atomic E-state index is 12.3. The summed E-state index contributed by atoms with van der Waals surface area (Å²) in [5, 5.41) is 13.1. The van der Waals surface area contributed by atoms with Gasteiger partial charge in [-0.3, -0.25) is 4.79 Å². The number of aliphatic hydroxyl groups is 1. The van der Waals surface area contributed by atoms with Crippen molar-refractivity contribution in [3.63, 3.8) is 0 Å². The lowest BCUT2D eigenvalue weighted by atomic mass is 10.1. The van der Waals surface area contributed by atoms with Crippen LogP contribution >= 0.6 is 0 Å². The largest absolute Gasteiger partial charge is 0.469 e. The average molecular weight is 271 g/mol. The quantitative estimate of drug-likeness (QED) is 0.900. The van der Waals surface area contributed by atoms with Gasteiger partial charge in [-0.05, 0) is 17.2 Å². The molecular weight excluding hydrogens is 254 g/mol. The maximum absolute atomic E-state index is 12.3. The molecular formula is C16H17NO3. The maximum Gasteiger partial charge on any atom is 0.255 e. The van der Waals surface area contributed by atoms with Gasteiger partial charge in [0.15, 0.2) is 0 Å². The molecule has 1 heterocycles. The normalized spacial score (nSPS) is 20.7. The van der Waals surface area contributed by atoms with E-state index in [0.717, 1.165) is 11.1 Å². The molecule has 104 valence electrons. The molecule has 2 aromatic rings. The topological polar surface area (TPSA) is 62.5 Å². The number of amides is 1. The fourth-order valence-electron chi connectivity index (χ4n) is 2.78. The van der Waals surface area contributed by atoms with Crippen LogP contribution < -0.4 is 5.32 Å². The van der Waals surface area contributed by atoms with E-state index >= 15 is 0 Å². The van der Waals surface area contributed by atoms with Crippen LogP contribution in [0.1, 0.15) is 40.2 Å². The van der Waals surface area contributed by atoms with Gasteiger partial charge in [0.25, 0.3) is 5.91 Å². The van der Waals surface area contributed by atoms with Gasteiger partial charge in [0, 0.05) is 12.8 Å². The number of aryl methyl sites for hydroxylation is 1. The van der Waals surface area contributed by atoms with E-state index < -0.39 is 6.10 Å². The first-order valence-corrected chi connectivity index (χ1v) is 6.83. The zero-order valence-electron chi connectivity index (χ0n) is 11.3. The number of carbonyl (C=O) groups excluding carboxylic acids is 1. The number of nitrogens with one attached hydrogen (secondary N) is 1. The summed E-state index contributed by atoms with van der Waals surface area (Å²) in [6, 6.07) is 9.12. The van der Waals surface area contributed by atoms with E-state index in [0.29, 0.717) is 24.2 Å². The highest BCUT2D eigenvalue weighted by Gasteiger charge is 2.32. The second kappa shape index (κ2) is 5.13. The number of benzene rings is 1. The van der Waals surface area contributed by atoms with Crippen LogP contribution in [0.25, 0.3) is 0 Å². The van der Waals surface area contributed by atoms with E-state index in [-0.39, 0.29) is 11.9 Å². The molecule has 1 amide bonds. The van der Waals surface area contributed by atoms with Crippen molar-refractivity contribution in [2.75, 3.05) is 0 Å². The van der Waals surface area contributed by atoms with Gasteiger partial charge in [0.2, 0.25) is 0 Å². The Morgan fingerprint density at radius 1 is 1.40 bits per heavy atom. The van der Waals surface area contributed by atoms with Crippen LogP contribution in [0, 0.1) is 0 Å². The van der Waals surface area contributed by atoms with E-state index in [1.807, 2.05) is 31.2 Å². The van der Waals surface area contributed by atoms with Crippen LogP contribution in [0.15, 0.2) is 41.0 Å². The van der Waals surface area contributed by atoms with Gasteiger partial charge in [-0.1, -0.05) is 31.2 Å². The monoisotopic (exact) mass is 271 g/mol. The first-order valence-electron chi connectivity index (χ1n) is 6.83. The number of aliphatic hydroxyl groups excluding tert-OH is 1. The van der Waals surface area contributed by atoms with Crippen molar-refractivity contribution in [3.8, 4) is 0 Å². The van der Waals surface area contributed by atoms with Crippen molar-refractivity contribution >= 4 is 5.91 Å². The summed E-state index contributed by atoms with van der Waals surface area (Å²) in [4.78, 5) is 12.3. The Kier molecular flexibility index (Phi) is 3.32. The highest BCUT2D eigenvalue weighted by molar-refractivity contribution is 5.95. The van der Waals surface area contributed by atoms with Crippen molar-refractivity contribution < 1.29 is 14.3 Å². The van der Waals surface area contributed by atoms with E-state index in [1.165, 1.54) is 6.26 Å². The Labute approximate surface area is 117 Å². The molecule has 2 N–H and O–H groups in total. The molecule has 3 rings (SSSR count). The van der Waals surface area contributed by atoms with E-state index in [2.05, 4.69) is 5.32 Å². The number of hydrogen-bond acceptors (Lipinski definition) is 3. The molecule has 2 atom stereocenters. The fourth-order valence-corrected chi connectivity index (χ4v) is 2.78. The molecule has 4 nitrogen and oxygen atoms in total. The minimum atomic E-state index is -0.576. The Morgan fingerprint density at radius 3 is 3.00 bits per heavy atom. The second-order valence-electron chi connectivity index (χ2n) is 5.03. The molecule has 0 saturated heterocycles. The second-order valence-corrected chi connectivity index (χ2v) is 5.03. The van der Waals surface area contributed by atoms with Gasteiger partial charge in [-0.2, -0.15) is 0 Å². The van der Waals surface area contributed by atoms with Gasteiger partial charge in [-0.25, -0.2) is 0 Å². The summed E-state index contributed by atoms with van der Waals surface area (Å²) in [5.74, 6) is 0.472. The lowest BCUT2D eigenvalue weighted by Gasteiger charge is -2.17. The predicted molar refractivity (Wildman–Crippen MR) is 74.4 cm³/mol. The summed E-state index contributed by atoms with van der Waals surface area (Å²) >= 11 is 0. The van der Waals surface area contributed by atoms with E-state index in [1.54, 1.807) is 6.07 Å². The molecule has 0 spiro atoms. The Hall–Kier alpha value is -2.07. The summed E-state index contributed by atoms with van der Waals surface area (Å²) in [6.45, 7) is 1.94. The van der Waals surface area contributed by atoms with Gasteiger partial charge < -0.3 is 14.8 Å². The molecule has 0 radical (unpaired) electrons. The molecule has 1 aliphatic carbocycles. The molecule has 1 aliphatic rings. The Balaban J connectivity index is 1.83. The molecule has 0 saturated carbocycles. The molecule has 0 unspecified atom stereocenters. The van der Waals surface area contributed by atoms with Gasteiger partial charge in [-0.15, -0.1) is 0 Å². The zero-order chi connectivity index (χ0) is 14.1. The molecule has 0 fully saturated rings. The molecule has 1 aromatic carbocycles. The van der Waals surface area contributed by atoms with Crippen LogP contribution in [-0.2, 0) is 12.8 Å². The molecule has 0 bridgehead atoms. The molecule has 4 heteroatoms.